The van der Waals surface area contributed by atoms with Crippen molar-refractivity contribution in [3.63, 3.8) is 0 Å². The summed E-state index contributed by atoms with van der Waals surface area (Å²) < 4.78 is 4.98. The number of carboxylic acid groups (broad SMARTS) is 1. The Morgan fingerprint density at radius 1 is 1.00 bits per heavy atom. The summed E-state index contributed by atoms with van der Waals surface area (Å²) in [4.78, 5) is 23.3. The molecule has 0 amide bonds. The van der Waals surface area contributed by atoms with Gasteiger partial charge in [0.25, 0.3) is 0 Å². The zero-order valence-corrected chi connectivity index (χ0v) is 11.4. The van der Waals surface area contributed by atoms with Crippen molar-refractivity contribution in [2.75, 3.05) is 0 Å². The summed E-state index contributed by atoms with van der Waals surface area (Å²) in [5.74, 6) is -1.66. The van der Waals surface area contributed by atoms with Crippen LogP contribution in [0.5, 0.6) is 0 Å². The molecule has 0 fully saturated rings. The van der Waals surface area contributed by atoms with Crippen molar-refractivity contribution in [3.05, 3.63) is 69.7 Å². The summed E-state index contributed by atoms with van der Waals surface area (Å²) in [6, 6.07) is 13.4. The van der Waals surface area contributed by atoms with Gasteiger partial charge < -0.3 is 9.52 Å². The molecule has 5 heteroatoms. The standard InChI is InChI=1S/C16H9ClO4/c17-10-7-5-9(6-8-10)13-11-3-1-2-4-12(11)16(20)21-14(13)15(18)19/h1-8H,(H,18,19). The van der Waals surface area contributed by atoms with Crippen molar-refractivity contribution in [1.29, 1.82) is 0 Å². The molecule has 0 bridgehead atoms. The third-order valence-electron chi connectivity index (χ3n) is 3.17. The van der Waals surface area contributed by atoms with Gasteiger partial charge in [0.2, 0.25) is 5.76 Å². The van der Waals surface area contributed by atoms with Crippen molar-refractivity contribution in [2.45, 2.75) is 0 Å². The molecule has 0 aliphatic heterocycles. The molecular formula is C16H9ClO4. The molecule has 1 aromatic heterocycles. The van der Waals surface area contributed by atoms with Gasteiger partial charge in [0.15, 0.2) is 0 Å². The largest absolute Gasteiger partial charge is 0.475 e. The molecule has 2 aromatic carbocycles. The molecule has 0 spiro atoms. The van der Waals surface area contributed by atoms with E-state index in [1.807, 2.05) is 0 Å². The number of carboxylic acids is 1. The molecule has 21 heavy (non-hydrogen) atoms. The summed E-state index contributed by atoms with van der Waals surface area (Å²) in [6.07, 6.45) is 0. The average Bonchev–Trinajstić information content (AvgIpc) is 2.48. The molecule has 0 saturated heterocycles. The smallest absolute Gasteiger partial charge is 0.372 e. The number of carbonyl (C=O) groups is 1. The number of halogens is 1. The Labute approximate surface area is 124 Å². The van der Waals surface area contributed by atoms with Crippen LogP contribution in [0.15, 0.2) is 57.7 Å². The van der Waals surface area contributed by atoms with E-state index in [9.17, 15) is 14.7 Å². The molecule has 1 heterocycles. The van der Waals surface area contributed by atoms with Crippen LogP contribution in [0.3, 0.4) is 0 Å². The SMILES string of the molecule is O=C(O)c1oc(=O)c2ccccc2c1-c1ccc(Cl)cc1. The van der Waals surface area contributed by atoms with E-state index in [4.69, 9.17) is 16.0 Å². The first-order valence-electron chi connectivity index (χ1n) is 6.13. The Bertz CT molecular complexity index is 894. The number of hydrogen-bond donors (Lipinski definition) is 1. The van der Waals surface area contributed by atoms with Crippen molar-refractivity contribution in [1.82, 2.24) is 0 Å². The van der Waals surface area contributed by atoms with Crippen LogP contribution in [0, 0.1) is 0 Å². The zero-order valence-electron chi connectivity index (χ0n) is 10.7. The monoisotopic (exact) mass is 300 g/mol. The van der Waals surface area contributed by atoms with Crippen LogP contribution in [-0.2, 0) is 0 Å². The summed E-state index contributed by atoms with van der Waals surface area (Å²) >= 11 is 5.86. The van der Waals surface area contributed by atoms with E-state index in [2.05, 4.69) is 0 Å². The van der Waals surface area contributed by atoms with Crippen LogP contribution >= 0.6 is 11.6 Å². The van der Waals surface area contributed by atoms with E-state index in [1.54, 1.807) is 48.5 Å². The Hall–Kier alpha value is -2.59. The third-order valence-corrected chi connectivity index (χ3v) is 3.42. The van der Waals surface area contributed by atoms with Gasteiger partial charge in [-0.25, -0.2) is 9.59 Å². The van der Waals surface area contributed by atoms with Crippen LogP contribution in [0.1, 0.15) is 10.6 Å². The highest BCUT2D eigenvalue weighted by Crippen LogP contribution is 2.31. The van der Waals surface area contributed by atoms with Gasteiger partial charge in [-0.1, -0.05) is 41.9 Å². The molecular weight excluding hydrogens is 292 g/mol. The van der Waals surface area contributed by atoms with Crippen LogP contribution in [0.4, 0.5) is 0 Å². The van der Waals surface area contributed by atoms with Gasteiger partial charge in [-0.05, 0) is 23.8 Å². The number of hydrogen-bond acceptors (Lipinski definition) is 3. The van der Waals surface area contributed by atoms with Crippen molar-refractivity contribution < 1.29 is 14.3 Å². The first-order valence-corrected chi connectivity index (χ1v) is 6.51. The molecule has 0 unspecified atom stereocenters. The second-order valence-corrected chi connectivity index (χ2v) is 4.89. The molecule has 0 radical (unpaired) electrons. The lowest BCUT2D eigenvalue weighted by molar-refractivity contribution is 0.0659. The van der Waals surface area contributed by atoms with E-state index < -0.39 is 11.6 Å². The molecule has 1 N–H and O–H groups in total. The second kappa shape index (κ2) is 5.07. The predicted molar refractivity (Wildman–Crippen MR) is 79.9 cm³/mol. The van der Waals surface area contributed by atoms with E-state index >= 15 is 0 Å². The highest BCUT2D eigenvalue weighted by Gasteiger charge is 2.20. The maximum Gasteiger partial charge on any atom is 0.372 e. The normalized spacial score (nSPS) is 10.7. The second-order valence-electron chi connectivity index (χ2n) is 4.45. The average molecular weight is 301 g/mol. The maximum atomic E-state index is 11.9. The van der Waals surface area contributed by atoms with Gasteiger partial charge in [0.1, 0.15) is 0 Å². The van der Waals surface area contributed by atoms with E-state index in [0.717, 1.165) is 0 Å². The van der Waals surface area contributed by atoms with Gasteiger partial charge in [-0.3, -0.25) is 0 Å². The quantitative estimate of drug-likeness (QED) is 0.781. The molecule has 104 valence electrons. The molecule has 0 aliphatic carbocycles. The third kappa shape index (κ3) is 2.30. The molecule has 3 aromatic rings. The lowest BCUT2D eigenvalue weighted by Gasteiger charge is -2.09. The number of aromatic carboxylic acids is 1. The zero-order chi connectivity index (χ0) is 15.0. The lowest BCUT2D eigenvalue weighted by Crippen LogP contribution is -2.09. The number of benzene rings is 2. The highest BCUT2D eigenvalue weighted by molar-refractivity contribution is 6.30. The predicted octanol–water partition coefficient (Wildman–Crippen LogP) is 3.81. The van der Waals surface area contributed by atoms with Gasteiger partial charge >= 0.3 is 11.6 Å². The van der Waals surface area contributed by atoms with Gasteiger partial charge in [0.05, 0.1) is 5.39 Å². The van der Waals surface area contributed by atoms with Gasteiger partial charge in [-0.2, -0.15) is 0 Å². The van der Waals surface area contributed by atoms with E-state index in [1.165, 1.54) is 0 Å². The number of fused-ring (bicyclic) bond motifs is 1. The minimum Gasteiger partial charge on any atom is -0.475 e. The lowest BCUT2D eigenvalue weighted by atomic mass is 9.98. The first-order chi connectivity index (χ1) is 10.1. The summed E-state index contributed by atoms with van der Waals surface area (Å²) in [7, 11) is 0. The molecule has 3 rings (SSSR count). The fourth-order valence-electron chi connectivity index (χ4n) is 2.25. The molecule has 0 saturated carbocycles. The van der Waals surface area contributed by atoms with Crippen molar-refractivity contribution in [3.8, 4) is 11.1 Å². The van der Waals surface area contributed by atoms with E-state index in [-0.39, 0.29) is 5.76 Å². The maximum absolute atomic E-state index is 11.9. The minimum absolute atomic E-state index is 0.340. The Balaban J connectivity index is 2.46. The highest BCUT2D eigenvalue weighted by atomic mass is 35.5. The Morgan fingerprint density at radius 3 is 2.24 bits per heavy atom. The fourth-order valence-corrected chi connectivity index (χ4v) is 2.38. The fraction of sp³-hybridized carbons (Fsp3) is 0. The summed E-state index contributed by atoms with van der Waals surface area (Å²) in [6.45, 7) is 0. The first kappa shape index (κ1) is 13.4. The topological polar surface area (TPSA) is 67.5 Å². The van der Waals surface area contributed by atoms with Crippen LogP contribution in [-0.4, -0.2) is 11.1 Å². The van der Waals surface area contributed by atoms with Gasteiger partial charge in [-0.15, -0.1) is 0 Å². The van der Waals surface area contributed by atoms with Crippen molar-refractivity contribution in [2.24, 2.45) is 0 Å². The minimum atomic E-state index is -1.29. The Kier molecular flexibility index (Phi) is 3.23. The summed E-state index contributed by atoms with van der Waals surface area (Å²) in [5, 5.41) is 10.7. The Morgan fingerprint density at radius 2 is 1.62 bits per heavy atom. The molecule has 0 aliphatic rings. The number of rotatable bonds is 2. The summed E-state index contributed by atoms with van der Waals surface area (Å²) in [5.41, 5.74) is 0.326. The molecule has 0 atom stereocenters. The molecule has 4 nitrogen and oxygen atoms in total. The van der Waals surface area contributed by atoms with Gasteiger partial charge in [0, 0.05) is 16.0 Å². The van der Waals surface area contributed by atoms with Crippen LogP contribution in [0.2, 0.25) is 5.02 Å². The van der Waals surface area contributed by atoms with E-state index in [0.29, 0.717) is 26.9 Å². The van der Waals surface area contributed by atoms with Crippen LogP contribution in [0.25, 0.3) is 21.9 Å². The van der Waals surface area contributed by atoms with Crippen LogP contribution < -0.4 is 5.63 Å². The van der Waals surface area contributed by atoms with Crippen molar-refractivity contribution >= 4 is 28.3 Å².